The molecule has 0 saturated heterocycles. The minimum Gasteiger partial charge on any atom is -0.312 e. The van der Waals surface area contributed by atoms with Gasteiger partial charge in [-0.1, -0.05) is 6.07 Å². The van der Waals surface area contributed by atoms with Gasteiger partial charge in [-0.05, 0) is 11.6 Å². The Bertz CT molecular complexity index is 428. The molecule has 1 N–H and O–H groups in total. The number of rotatable bonds is 3. The second-order valence-electron chi connectivity index (χ2n) is 3.56. The van der Waals surface area contributed by atoms with Crippen LogP contribution in [0.3, 0.4) is 0 Å². The van der Waals surface area contributed by atoms with Gasteiger partial charge < -0.3 is 14.4 Å². The molecule has 6 heteroatoms. The van der Waals surface area contributed by atoms with Gasteiger partial charge in [-0.3, -0.25) is 4.57 Å². The van der Waals surface area contributed by atoms with Gasteiger partial charge in [0.25, 0.3) is 0 Å². The molecule has 16 heavy (non-hydrogen) atoms. The maximum atomic E-state index is 12.1. The number of fused-ring (bicyclic) bond motifs is 1. The monoisotopic (exact) mass is 242 g/mol. The van der Waals surface area contributed by atoms with E-state index in [2.05, 4.69) is 10.3 Å². The second kappa shape index (κ2) is 4.63. The van der Waals surface area contributed by atoms with Crippen LogP contribution in [0.5, 0.6) is 0 Å². The third kappa shape index (κ3) is 2.04. The molecule has 0 radical (unpaired) electrons. The molecule has 0 saturated carbocycles. The van der Waals surface area contributed by atoms with E-state index in [4.69, 9.17) is 9.05 Å². The molecule has 2 heterocycles. The lowest BCUT2D eigenvalue weighted by Gasteiger charge is -2.19. The minimum absolute atomic E-state index is 0.387. The highest BCUT2D eigenvalue weighted by Crippen LogP contribution is 2.44. The van der Waals surface area contributed by atoms with Crippen molar-refractivity contribution in [1.29, 1.82) is 0 Å². The highest BCUT2D eigenvalue weighted by molar-refractivity contribution is 7.61. The zero-order valence-corrected chi connectivity index (χ0v) is 10.3. The van der Waals surface area contributed by atoms with E-state index >= 15 is 0 Å². The Morgan fingerprint density at radius 2 is 2.12 bits per heavy atom. The van der Waals surface area contributed by atoms with Gasteiger partial charge in [0, 0.05) is 39.4 Å². The largest absolute Gasteiger partial charge is 0.379 e. The maximum Gasteiger partial charge on any atom is 0.379 e. The van der Waals surface area contributed by atoms with Gasteiger partial charge in [-0.2, -0.15) is 0 Å². The lowest BCUT2D eigenvalue weighted by Crippen LogP contribution is -2.27. The molecule has 0 fully saturated rings. The van der Waals surface area contributed by atoms with Crippen molar-refractivity contribution in [3.8, 4) is 0 Å². The lowest BCUT2D eigenvalue weighted by molar-refractivity contribution is 0.286. The highest BCUT2D eigenvalue weighted by atomic mass is 31.2. The molecule has 0 atom stereocenters. The predicted octanol–water partition coefficient (Wildman–Crippen LogP) is 0.838. The van der Waals surface area contributed by atoms with E-state index in [0.717, 1.165) is 30.8 Å². The van der Waals surface area contributed by atoms with Crippen molar-refractivity contribution < 1.29 is 13.6 Å². The summed E-state index contributed by atoms with van der Waals surface area (Å²) in [6.45, 7) is 1.71. The quantitative estimate of drug-likeness (QED) is 0.796. The minimum atomic E-state index is -3.21. The molecule has 1 aromatic heterocycles. The van der Waals surface area contributed by atoms with Crippen LogP contribution in [0, 0.1) is 0 Å². The van der Waals surface area contributed by atoms with Gasteiger partial charge in [-0.15, -0.1) is 0 Å². The van der Waals surface area contributed by atoms with E-state index in [0.29, 0.717) is 5.44 Å². The topological polar surface area (TPSA) is 60.5 Å². The molecule has 0 bridgehead atoms. The summed E-state index contributed by atoms with van der Waals surface area (Å²) in [5.74, 6) is 0. The zero-order chi connectivity index (χ0) is 11.6. The zero-order valence-electron chi connectivity index (χ0n) is 9.40. The van der Waals surface area contributed by atoms with Gasteiger partial charge in [-0.25, -0.2) is 4.98 Å². The Labute approximate surface area is 94.7 Å². The normalized spacial score (nSPS) is 15.9. The summed E-state index contributed by atoms with van der Waals surface area (Å²) in [6, 6.07) is 3.63. The summed E-state index contributed by atoms with van der Waals surface area (Å²) in [5.41, 5.74) is 2.51. The van der Waals surface area contributed by atoms with Crippen LogP contribution < -0.4 is 10.8 Å². The molecule has 2 rings (SSSR count). The van der Waals surface area contributed by atoms with Crippen LogP contribution in [-0.4, -0.2) is 25.7 Å². The molecule has 0 unspecified atom stereocenters. The summed E-state index contributed by atoms with van der Waals surface area (Å²) in [6.07, 6.45) is 0.844. The van der Waals surface area contributed by atoms with E-state index in [1.807, 2.05) is 6.07 Å². The fraction of sp³-hybridized carbons (Fsp3) is 0.500. The van der Waals surface area contributed by atoms with Crippen LogP contribution in [0.1, 0.15) is 11.3 Å². The Morgan fingerprint density at radius 3 is 2.81 bits per heavy atom. The average molecular weight is 242 g/mol. The first-order chi connectivity index (χ1) is 7.69. The lowest BCUT2D eigenvalue weighted by atomic mass is 10.1. The van der Waals surface area contributed by atoms with Crippen molar-refractivity contribution in [2.24, 2.45) is 0 Å². The maximum absolute atomic E-state index is 12.1. The van der Waals surface area contributed by atoms with Crippen molar-refractivity contribution >= 4 is 13.0 Å². The number of nitrogens with one attached hydrogen (secondary N) is 1. The van der Waals surface area contributed by atoms with E-state index in [1.165, 1.54) is 14.2 Å². The van der Waals surface area contributed by atoms with E-state index < -0.39 is 7.60 Å². The Morgan fingerprint density at radius 1 is 1.38 bits per heavy atom. The summed E-state index contributed by atoms with van der Waals surface area (Å²) in [7, 11) is -0.475. The predicted molar refractivity (Wildman–Crippen MR) is 60.9 cm³/mol. The molecule has 0 aromatic carbocycles. The molecule has 0 amide bonds. The number of hydrogen-bond acceptors (Lipinski definition) is 5. The van der Waals surface area contributed by atoms with Gasteiger partial charge >= 0.3 is 7.60 Å². The number of nitrogens with zero attached hydrogens (tertiary/aromatic N) is 1. The van der Waals surface area contributed by atoms with Crippen LogP contribution in [0.25, 0.3) is 0 Å². The molecule has 0 spiro atoms. The van der Waals surface area contributed by atoms with E-state index in [9.17, 15) is 4.57 Å². The molecule has 1 aromatic rings. The SMILES string of the molecule is COP(=O)(OC)c1ccc2c(n1)CCNC2. The third-order valence-corrected chi connectivity index (χ3v) is 4.44. The fourth-order valence-electron chi connectivity index (χ4n) is 1.74. The van der Waals surface area contributed by atoms with E-state index in [1.54, 1.807) is 6.07 Å². The standard InChI is InChI=1S/C10H15N2O3P/c1-14-16(13,15-2)10-4-3-8-7-11-6-5-9(8)12-10/h3-4,11H,5-7H2,1-2H3. The fourth-order valence-corrected chi connectivity index (χ4v) is 2.76. The van der Waals surface area contributed by atoms with Crippen molar-refractivity contribution in [1.82, 2.24) is 10.3 Å². The first-order valence-electron chi connectivity index (χ1n) is 5.11. The number of aromatic nitrogens is 1. The van der Waals surface area contributed by atoms with Crippen molar-refractivity contribution in [2.75, 3.05) is 20.8 Å². The van der Waals surface area contributed by atoms with Gasteiger partial charge in [0.2, 0.25) is 0 Å². The van der Waals surface area contributed by atoms with Crippen molar-refractivity contribution in [3.05, 3.63) is 23.4 Å². The third-order valence-electron chi connectivity index (χ3n) is 2.67. The van der Waals surface area contributed by atoms with Crippen LogP contribution in [0.4, 0.5) is 0 Å². The molecule has 88 valence electrons. The summed E-state index contributed by atoms with van der Waals surface area (Å²) in [5, 5.41) is 3.26. The van der Waals surface area contributed by atoms with Crippen LogP contribution in [0.15, 0.2) is 12.1 Å². The second-order valence-corrected chi connectivity index (χ2v) is 5.75. The van der Waals surface area contributed by atoms with Crippen molar-refractivity contribution in [2.45, 2.75) is 13.0 Å². The van der Waals surface area contributed by atoms with Gasteiger partial charge in [0.15, 0.2) is 5.44 Å². The molecule has 1 aliphatic heterocycles. The van der Waals surface area contributed by atoms with Gasteiger partial charge in [0.1, 0.15) is 0 Å². The summed E-state index contributed by atoms with van der Waals surface area (Å²) >= 11 is 0. The number of pyridine rings is 1. The smallest absolute Gasteiger partial charge is 0.312 e. The van der Waals surface area contributed by atoms with Crippen LogP contribution >= 0.6 is 7.60 Å². The van der Waals surface area contributed by atoms with Crippen molar-refractivity contribution in [3.63, 3.8) is 0 Å². The van der Waals surface area contributed by atoms with Gasteiger partial charge in [0.05, 0.1) is 0 Å². The Balaban J connectivity index is 2.40. The van der Waals surface area contributed by atoms with Crippen LogP contribution in [0.2, 0.25) is 0 Å². The van der Waals surface area contributed by atoms with Crippen LogP contribution in [-0.2, 0) is 26.6 Å². The van der Waals surface area contributed by atoms with E-state index in [-0.39, 0.29) is 0 Å². The molecule has 0 aliphatic carbocycles. The summed E-state index contributed by atoms with van der Waals surface area (Å²) in [4.78, 5) is 4.37. The molecule has 1 aliphatic rings. The molecule has 5 nitrogen and oxygen atoms in total. The first-order valence-corrected chi connectivity index (χ1v) is 6.65. The average Bonchev–Trinajstić information content (AvgIpc) is 2.37. The summed E-state index contributed by atoms with van der Waals surface area (Å²) < 4.78 is 22.0. The Kier molecular flexibility index (Phi) is 3.40. The molecular formula is C10H15N2O3P. The molecular weight excluding hydrogens is 227 g/mol. The first kappa shape index (κ1) is 11.7. The number of hydrogen-bond donors (Lipinski definition) is 1. The Hall–Kier alpha value is -0.740. The highest BCUT2D eigenvalue weighted by Gasteiger charge is 2.27.